The molecule has 1 amide bonds. The van der Waals surface area contributed by atoms with Gasteiger partial charge in [0.05, 0.1) is 23.8 Å². The van der Waals surface area contributed by atoms with E-state index in [4.69, 9.17) is 45.4 Å². The van der Waals surface area contributed by atoms with E-state index in [0.29, 0.717) is 22.7 Å². The van der Waals surface area contributed by atoms with Crippen molar-refractivity contribution in [2.45, 2.75) is 107 Å². The molecule has 0 spiro atoms. The number of thiocarbonyl (C=S) groups is 1. The number of rotatable bonds is 16. The summed E-state index contributed by atoms with van der Waals surface area (Å²) < 4.78 is 42.1. The fraction of sp³-hybridized carbons (Fsp3) is 0.375. The third kappa shape index (κ3) is 13.7. The van der Waals surface area contributed by atoms with Crippen LogP contribution in [0, 0.1) is 0 Å². The second-order valence-corrected chi connectivity index (χ2v) is 17.1. The molecule has 0 saturated carbocycles. The average Bonchev–Trinajstić information content (AvgIpc) is 3.27. The highest BCUT2D eigenvalue weighted by atomic mass is 32.2. The van der Waals surface area contributed by atoms with E-state index >= 15 is 0 Å². The molecule has 2 fully saturated rings. The van der Waals surface area contributed by atoms with Crippen LogP contribution in [-0.2, 0) is 63.7 Å². The van der Waals surface area contributed by atoms with Crippen molar-refractivity contribution in [3.8, 4) is 0 Å². The Kier molecular flexibility index (Phi) is 17.2. The molecular formula is C48H52N2O13S2. The molecule has 0 bridgehead atoms. The third-order valence-corrected chi connectivity index (χ3v) is 11.8. The van der Waals surface area contributed by atoms with Gasteiger partial charge in [0, 0.05) is 74.5 Å². The number of hydrogen-bond donors (Lipinski definition) is 3. The van der Waals surface area contributed by atoms with Gasteiger partial charge in [-0.3, -0.25) is 24.0 Å². The highest BCUT2D eigenvalue weighted by Crippen LogP contribution is 2.48. The number of hydrogen-bond acceptors (Lipinski definition) is 15. The maximum absolute atomic E-state index is 12.4. The number of esters is 4. The highest BCUT2D eigenvalue weighted by Gasteiger charge is 2.52. The van der Waals surface area contributed by atoms with Gasteiger partial charge in [0.1, 0.15) is 18.8 Å². The number of thioether (sulfide) groups is 1. The molecule has 344 valence electrons. The lowest BCUT2D eigenvalue weighted by molar-refractivity contribution is -0.255. The molecular weight excluding hydrogens is 877 g/mol. The van der Waals surface area contributed by atoms with E-state index in [-0.39, 0.29) is 42.6 Å². The van der Waals surface area contributed by atoms with E-state index in [0.717, 1.165) is 35.4 Å². The predicted octanol–water partition coefficient (Wildman–Crippen LogP) is 7.12. The predicted molar refractivity (Wildman–Crippen MR) is 244 cm³/mol. The average molecular weight is 929 g/mol. The van der Waals surface area contributed by atoms with Crippen LogP contribution in [0.4, 0.5) is 11.4 Å². The Labute approximate surface area is 386 Å². The topological polar surface area (TPSA) is 194 Å². The van der Waals surface area contributed by atoms with Gasteiger partial charge >= 0.3 is 23.9 Å². The molecule has 4 aromatic carbocycles. The molecule has 2 saturated heterocycles. The van der Waals surface area contributed by atoms with Gasteiger partial charge in [-0.2, -0.15) is 0 Å². The maximum Gasteiger partial charge on any atom is 0.303 e. The summed E-state index contributed by atoms with van der Waals surface area (Å²) >= 11 is 7.46. The Bertz CT molecular complexity index is 2300. The van der Waals surface area contributed by atoms with E-state index in [9.17, 15) is 29.1 Å². The van der Waals surface area contributed by atoms with Crippen LogP contribution >= 0.6 is 24.0 Å². The summed E-state index contributed by atoms with van der Waals surface area (Å²) in [5.41, 5.74) is 4.65. The maximum atomic E-state index is 12.4. The van der Waals surface area contributed by atoms with Crippen LogP contribution in [0.2, 0.25) is 0 Å². The largest absolute Gasteiger partial charge is 0.463 e. The molecule has 17 heteroatoms. The Hall–Kier alpha value is -5.69. The van der Waals surface area contributed by atoms with Gasteiger partial charge in [0.15, 0.2) is 24.6 Å². The first-order chi connectivity index (χ1) is 31.2. The van der Waals surface area contributed by atoms with Crippen LogP contribution in [0.15, 0.2) is 108 Å². The summed E-state index contributed by atoms with van der Waals surface area (Å²) in [7, 11) is 0. The van der Waals surface area contributed by atoms with E-state index in [1.54, 1.807) is 11.8 Å². The minimum atomic E-state index is -1.33. The Morgan fingerprint density at radius 3 is 1.88 bits per heavy atom. The van der Waals surface area contributed by atoms with Crippen molar-refractivity contribution >= 4 is 70.1 Å². The summed E-state index contributed by atoms with van der Waals surface area (Å²) in [6.45, 7) is 5.70. The van der Waals surface area contributed by atoms with Gasteiger partial charge < -0.3 is 48.9 Å². The molecule has 2 aliphatic heterocycles. The third-order valence-electron chi connectivity index (χ3n) is 10.5. The molecule has 0 aliphatic carbocycles. The van der Waals surface area contributed by atoms with Gasteiger partial charge in [-0.1, -0.05) is 78.9 Å². The first kappa shape index (κ1) is 48.8. The zero-order valence-corrected chi connectivity index (χ0v) is 38.1. The number of carbonyl (C=O) groups is 5. The molecule has 9 atom stereocenters. The SMILES string of the molecule is CC(=O)Nc1ccc(SCC2OC(c3cccc(NC(=S)CC4OC(COC(C)=O)C(OC(C)=O)C(OC(C)=O)C4OC(C)=O)c3)OC(c3ccc(CO)cc3)C2c2ccccc2)cc1. The minimum Gasteiger partial charge on any atom is -0.463 e. The number of nitrogens with one attached hydrogen (secondary N) is 2. The summed E-state index contributed by atoms with van der Waals surface area (Å²) in [5, 5.41) is 15.9. The van der Waals surface area contributed by atoms with Crippen LogP contribution in [0.3, 0.4) is 0 Å². The van der Waals surface area contributed by atoms with E-state index in [2.05, 4.69) is 22.8 Å². The first-order valence-electron chi connectivity index (χ1n) is 20.9. The van der Waals surface area contributed by atoms with Crippen LogP contribution < -0.4 is 10.6 Å². The van der Waals surface area contributed by atoms with Crippen LogP contribution in [-0.4, -0.2) is 88.9 Å². The molecule has 0 aromatic heterocycles. The Morgan fingerprint density at radius 1 is 0.631 bits per heavy atom. The summed E-state index contributed by atoms with van der Waals surface area (Å²) in [4.78, 5) is 61.6. The zero-order valence-electron chi connectivity index (χ0n) is 36.5. The standard InChI is InChI=1S/C48H52N2O13S2/c1-27(52)49-36-18-20-38(21-19-36)65-26-41-43(33-10-7-6-8-11-33)44(34-16-14-32(24-51)15-17-34)63-48(62-41)35-12-9-13-37(22-35)50-42(64)23-39-45(58-29(3)54)47(60-31(5)56)46(59-30(4)55)40(61-39)25-57-28(2)53/h6-22,39-41,43-48,51H,23-26H2,1-5H3,(H,49,52)(H,50,64). The molecule has 15 nitrogen and oxygen atoms in total. The van der Waals surface area contributed by atoms with Crippen molar-refractivity contribution in [3.05, 3.63) is 125 Å². The minimum absolute atomic E-state index is 0.0647. The first-order valence-corrected chi connectivity index (χ1v) is 22.3. The second-order valence-electron chi connectivity index (χ2n) is 15.5. The van der Waals surface area contributed by atoms with E-state index in [1.807, 2.05) is 91.0 Å². The molecule has 3 N–H and O–H groups in total. The fourth-order valence-electron chi connectivity index (χ4n) is 7.81. The van der Waals surface area contributed by atoms with Crippen molar-refractivity contribution in [2.24, 2.45) is 0 Å². The van der Waals surface area contributed by atoms with Gasteiger partial charge in [0.25, 0.3) is 0 Å². The summed E-state index contributed by atoms with van der Waals surface area (Å²) in [6.07, 6.45) is -7.81. The van der Waals surface area contributed by atoms with Crippen LogP contribution in [0.1, 0.15) is 81.6 Å². The van der Waals surface area contributed by atoms with Gasteiger partial charge in [-0.15, -0.1) is 11.8 Å². The lowest BCUT2D eigenvalue weighted by Gasteiger charge is -2.44. The number of benzene rings is 4. The normalized spacial score (nSPS) is 23.9. The number of amides is 1. The molecule has 2 aliphatic rings. The van der Waals surface area contributed by atoms with Crippen molar-refractivity contribution in [3.63, 3.8) is 0 Å². The van der Waals surface area contributed by atoms with Gasteiger partial charge in [-0.25, -0.2) is 0 Å². The monoisotopic (exact) mass is 928 g/mol. The fourth-order valence-corrected chi connectivity index (χ4v) is 9.06. The number of aliphatic hydroxyl groups excluding tert-OH is 1. The van der Waals surface area contributed by atoms with Crippen molar-refractivity contribution in [2.75, 3.05) is 23.0 Å². The van der Waals surface area contributed by atoms with Gasteiger partial charge in [0.2, 0.25) is 5.91 Å². The van der Waals surface area contributed by atoms with Crippen LogP contribution in [0.5, 0.6) is 0 Å². The molecule has 9 unspecified atom stereocenters. The van der Waals surface area contributed by atoms with E-state index in [1.165, 1.54) is 20.8 Å². The molecule has 2 heterocycles. The molecule has 65 heavy (non-hydrogen) atoms. The lowest BCUT2D eigenvalue weighted by Crippen LogP contribution is -2.62. The summed E-state index contributed by atoms with van der Waals surface area (Å²) in [6, 6.07) is 32.7. The lowest BCUT2D eigenvalue weighted by atomic mass is 9.84. The summed E-state index contributed by atoms with van der Waals surface area (Å²) in [5.74, 6) is -2.66. The Balaban J connectivity index is 1.27. The second kappa shape index (κ2) is 23.0. The number of carbonyl (C=O) groups excluding carboxylic acids is 5. The van der Waals surface area contributed by atoms with Crippen LogP contribution in [0.25, 0.3) is 0 Å². The molecule has 4 aromatic rings. The number of ether oxygens (including phenoxy) is 7. The van der Waals surface area contributed by atoms with Crippen molar-refractivity contribution in [1.29, 1.82) is 0 Å². The quantitative estimate of drug-likeness (QED) is 0.0444. The highest BCUT2D eigenvalue weighted by molar-refractivity contribution is 7.99. The van der Waals surface area contributed by atoms with E-state index < -0.39 is 66.8 Å². The smallest absolute Gasteiger partial charge is 0.303 e. The molecule has 0 radical (unpaired) electrons. The van der Waals surface area contributed by atoms with Crippen molar-refractivity contribution < 1.29 is 62.2 Å². The van der Waals surface area contributed by atoms with Gasteiger partial charge in [-0.05, 0) is 53.1 Å². The zero-order chi connectivity index (χ0) is 46.6. The van der Waals surface area contributed by atoms with Crippen molar-refractivity contribution in [1.82, 2.24) is 0 Å². The number of aliphatic hydroxyl groups is 1. The molecule has 6 rings (SSSR count). The Morgan fingerprint density at radius 2 is 1.26 bits per heavy atom. The number of anilines is 2.